The summed E-state index contributed by atoms with van der Waals surface area (Å²) >= 11 is 0. The molecule has 0 saturated carbocycles. The van der Waals surface area contributed by atoms with Gasteiger partial charge in [0, 0.05) is 19.5 Å². The fourth-order valence-corrected chi connectivity index (χ4v) is 0.927. The average molecular weight is 183 g/mol. The van der Waals surface area contributed by atoms with Gasteiger partial charge in [0.25, 0.3) is 0 Å². The summed E-state index contributed by atoms with van der Waals surface area (Å²) in [5.74, 6) is 0.347. The molecule has 1 aromatic rings. The number of hydrogen-bond donors (Lipinski definition) is 1. The average Bonchev–Trinajstić information content (AvgIpc) is 2.58. The van der Waals surface area contributed by atoms with Crippen LogP contribution in [0.4, 0.5) is 0 Å². The molecule has 5 nitrogen and oxygen atoms in total. The lowest BCUT2D eigenvalue weighted by Gasteiger charge is -2.23. The lowest BCUT2D eigenvalue weighted by Crippen LogP contribution is -2.39. The highest BCUT2D eigenvalue weighted by Gasteiger charge is 2.27. The van der Waals surface area contributed by atoms with E-state index in [1.165, 1.54) is 4.68 Å². The van der Waals surface area contributed by atoms with Crippen molar-refractivity contribution in [3.63, 3.8) is 0 Å². The third-order valence-electron chi connectivity index (χ3n) is 1.86. The van der Waals surface area contributed by atoms with Crippen LogP contribution in [-0.2, 0) is 4.74 Å². The van der Waals surface area contributed by atoms with Crippen molar-refractivity contribution in [2.24, 2.45) is 5.16 Å². The maximum Gasteiger partial charge on any atom is 0.200 e. The molecule has 1 N–H and O–H groups in total. The first-order valence-corrected chi connectivity index (χ1v) is 3.89. The van der Waals surface area contributed by atoms with Crippen LogP contribution >= 0.6 is 0 Å². The first-order valence-electron chi connectivity index (χ1n) is 3.89. The van der Waals surface area contributed by atoms with Crippen LogP contribution in [0.1, 0.15) is 13.8 Å². The number of oxime groups is 1. The van der Waals surface area contributed by atoms with Gasteiger partial charge in [-0.15, -0.1) is 0 Å². The Morgan fingerprint density at radius 1 is 1.62 bits per heavy atom. The number of hydrogen-bond acceptors (Lipinski definition) is 4. The Balaban J connectivity index is 3.01. The summed E-state index contributed by atoms with van der Waals surface area (Å²) < 4.78 is 6.62. The molecule has 0 atom stereocenters. The number of ether oxygens (including phenoxy) is 1. The Morgan fingerprint density at radius 2 is 2.31 bits per heavy atom. The number of methoxy groups -OCH3 is 1. The highest BCUT2D eigenvalue weighted by Crippen LogP contribution is 2.11. The summed E-state index contributed by atoms with van der Waals surface area (Å²) in [7, 11) is 1.55. The Bertz CT molecular complexity index is 290. The number of rotatable bonds is 2. The van der Waals surface area contributed by atoms with Crippen LogP contribution in [0, 0.1) is 0 Å². The summed E-state index contributed by atoms with van der Waals surface area (Å²) in [6, 6.07) is 1.75. The molecule has 0 unspecified atom stereocenters. The van der Waals surface area contributed by atoms with Crippen molar-refractivity contribution in [2.75, 3.05) is 7.11 Å². The van der Waals surface area contributed by atoms with Crippen LogP contribution in [0.2, 0.25) is 0 Å². The summed E-state index contributed by atoms with van der Waals surface area (Å²) in [5, 5.41) is 15.9. The molecule has 1 heterocycles. The summed E-state index contributed by atoms with van der Waals surface area (Å²) in [6.07, 6.45) is 3.30. The molecule has 1 aromatic heterocycles. The zero-order valence-corrected chi connectivity index (χ0v) is 7.93. The van der Waals surface area contributed by atoms with Gasteiger partial charge in [-0.3, -0.25) is 0 Å². The zero-order chi connectivity index (χ0) is 9.90. The number of nitrogens with zero attached hydrogens (tertiary/aromatic N) is 3. The van der Waals surface area contributed by atoms with Gasteiger partial charge in [-0.2, -0.15) is 5.10 Å². The molecular formula is C8H13N3O2. The van der Waals surface area contributed by atoms with Crippen LogP contribution in [0.25, 0.3) is 0 Å². The third-order valence-corrected chi connectivity index (χ3v) is 1.86. The summed E-state index contributed by atoms with van der Waals surface area (Å²) in [5.41, 5.74) is -0.666. The maximum absolute atomic E-state index is 8.81. The van der Waals surface area contributed by atoms with E-state index in [4.69, 9.17) is 9.94 Å². The Kier molecular flexibility index (Phi) is 2.67. The molecule has 0 amide bonds. The lowest BCUT2D eigenvalue weighted by atomic mass is 10.1. The first-order chi connectivity index (χ1) is 6.11. The molecule has 0 saturated heterocycles. The second-order valence-electron chi connectivity index (χ2n) is 3.09. The highest BCUT2D eigenvalue weighted by molar-refractivity contribution is 5.90. The first kappa shape index (κ1) is 9.73. The third kappa shape index (κ3) is 1.86. The van der Waals surface area contributed by atoms with E-state index in [0.29, 0.717) is 5.84 Å². The maximum atomic E-state index is 8.81. The van der Waals surface area contributed by atoms with E-state index < -0.39 is 5.60 Å². The van der Waals surface area contributed by atoms with Crippen molar-refractivity contribution in [1.29, 1.82) is 0 Å². The molecule has 0 aromatic carbocycles. The molecule has 72 valence electrons. The fraction of sp³-hybridized carbons (Fsp3) is 0.500. The van der Waals surface area contributed by atoms with Gasteiger partial charge in [-0.05, 0) is 19.9 Å². The highest BCUT2D eigenvalue weighted by atomic mass is 16.5. The minimum atomic E-state index is -0.666. The van der Waals surface area contributed by atoms with Crippen molar-refractivity contribution in [3.8, 4) is 0 Å². The van der Waals surface area contributed by atoms with E-state index in [-0.39, 0.29) is 0 Å². The molecule has 0 aliphatic carbocycles. The largest absolute Gasteiger partial charge is 0.409 e. The van der Waals surface area contributed by atoms with Gasteiger partial charge in [0.2, 0.25) is 0 Å². The smallest absolute Gasteiger partial charge is 0.200 e. The zero-order valence-electron chi connectivity index (χ0n) is 7.93. The van der Waals surface area contributed by atoms with E-state index in [0.717, 1.165) is 0 Å². The van der Waals surface area contributed by atoms with Crippen LogP contribution in [0.3, 0.4) is 0 Å². The predicted octanol–water partition coefficient (Wildman–Crippen LogP) is 0.944. The van der Waals surface area contributed by atoms with E-state index in [2.05, 4.69) is 10.3 Å². The fourth-order valence-electron chi connectivity index (χ4n) is 0.927. The van der Waals surface area contributed by atoms with Gasteiger partial charge >= 0.3 is 0 Å². The topological polar surface area (TPSA) is 59.6 Å². The van der Waals surface area contributed by atoms with Crippen LogP contribution in [-0.4, -0.2) is 33.5 Å². The van der Waals surface area contributed by atoms with Crippen LogP contribution < -0.4 is 0 Å². The SMILES string of the molecule is COC(C)(C)C(=NO)n1cccn1. The van der Waals surface area contributed by atoms with Crippen LogP contribution in [0.15, 0.2) is 23.6 Å². The van der Waals surface area contributed by atoms with E-state index in [1.54, 1.807) is 39.4 Å². The normalized spacial score (nSPS) is 13.3. The van der Waals surface area contributed by atoms with Crippen LogP contribution in [0.5, 0.6) is 0 Å². The van der Waals surface area contributed by atoms with Gasteiger partial charge in [0.05, 0.1) is 0 Å². The minimum Gasteiger partial charge on any atom is -0.409 e. The van der Waals surface area contributed by atoms with Crippen molar-refractivity contribution >= 4 is 5.84 Å². The Hall–Kier alpha value is -1.36. The Morgan fingerprint density at radius 3 is 2.69 bits per heavy atom. The standard InChI is InChI=1S/C8H13N3O2/c1-8(2,13-3)7(10-12)11-6-4-5-9-11/h4-6,12H,1-3H3. The molecule has 0 radical (unpaired) electrons. The lowest BCUT2D eigenvalue weighted by molar-refractivity contribution is 0.0756. The number of aromatic nitrogens is 2. The second-order valence-corrected chi connectivity index (χ2v) is 3.09. The Labute approximate surface area is 76.6 Å². The molecule has 0 aliphatic heterocycles. The van der Waals surface area contributed by atoms with Crippen molar-refractivity contribution in [2.45, 2.75) is 19.4 Å². The monoisotopic (exact) mass is 183 g/mol. The molecule has 13 heavy (non-hydrogen) atoms. The predicted molar refractivity (Wildman–Crippen MR) is 47.9 cm³/mol. The summed E-state index contributed by atoms with van der Waals surface area (Å²) in [4.78, 5) is 0. The second kappa shape index (κ2) is 3.57. The van der Waals surface area contributed by atoms with Crippen molar-refractivity contribution in [1.82, 2.24) is 9.78 Å². The van der Waals surface area contributed by atoms with E-state index >= 15 is 0 Å². The van der Waals surface area contributed by atoms with Gasteiger partial charge in [0.1, 0.15) is 5.60 Å². The van der Waals surface area contributed by atoms with Crippen molar-refractivity contribution < 1.29 is 9.94 Å². The van der Waals surface area contributed by atoms with Gasteiger partial charge in [-0.25, -0.2) is 4.68 Å². The van der Waals surface area contributed by atoms with E-state index in [1.807, 2.05) is 0 Å². The molecule has 1 rings (SSSR count). The molecule has 5 heteroatoms. The quantitative estimate of drug-likeness (QED) is 0.321. The molecule has 0 aliphatic rings. The minimum absolute atomic E-state index is 0.347. The van der Waals surface area contributed by atoms with Gasteiger partial charge in [-0.1, -0.05) is 5.16 Å². The van der Waals surface area contributed by atoms with E-state index in [9.17, 15) is 0 Å². The summed E-state index contributed by atoms with van der Waals surface area (Å²) in [6.45, 7) is 3.59. The van der Waals surface area contributed by atoms with Gasteiger partial charge < -0.3 is 9.94 Å². The van der Waals surface area contributed by atoms with Crippen molar-refractivity contribution in [3.05, 3.63) is 18.5 Å². The molecule has 0 bridgehead atoms. The molecule has 0 spiro atoms. The molecule has 0 fully saturated rings. The molecular weight excluding hydrogens is 170 g/mol. The van der Waals surface area contributed by atoms with Gasteiger partial charge in [0.15, 0.2) is 5.84 Å².